The van der Waals surface area contributed by atoms with Crippen molar-refractivity contribution < 1.29 is 9.53 Å². The fourth-order valence-corrected chi connectivity index (χ4v) is 1.08. The summed E-state index contributed by atoms with van der Waals surface area (Å²) in [6.07, 6.45) is 4.96. The molecule has 0 spiro atoms. The lowest BCUT2D eigenvalue weighted by Crippen LogP contribution is -2.18. The highest BCUT2D eigenvalue weighted by atomic mass is 16.5. The van der Waals surface area contributed by atoms with Crippen LogP contribution in [0, 0.1) is 23.7 Å². The van der Waals surface area contributed by atoms with E-state index >= 15 is 0 Å². The van der Waals surface area contributed by atoms with Crippen molar-refractivity contribution >= 4 is 11.6 Å². The predicted molar refractivity (Wildman–Crippen MR) is 59.4 cm³/mol. The van der Waals surface area contributed by atoms with E-state index in [2.05, 4.69) is 11.2 Å². The van der Waals surface area contributed by atoms with Gasteiger partial charge in [0, 0.05) is 0 Å². The van der Waals surface area contributed by atoms with Gasteiger partial charge in [0.05, 0.1) is 11.3 Å². The Morgan fingerprint density at radius 2 is 2.25 bits per heavy atom. The summed E-state index contributed by atoms with van der Waals surface area (Å²) in [6.45, 7) is -0.0305. The number of hydrogen-bond acceptors (Lipinski definition) is 3. The lowest BCUT2D eigenvalue weighted by molar-refractivity contribution is -0.120. The molecular weight excluding hydrogens is 204 g/mol. The molecule has 0 atom stereocenters. The van der Waals surface area contributed by atoms with Gasteiger partial charge in [-0.15, -0.1) is 6.42 Å². The molecule has 0 unspecified atom stereocenters. The van der Waals surface area contributed by atoms with E-state index in [9.17, 15) is 4.79 Å². The second kappa shape index (κ2) is 6.23. The third-order valence-corrected chi connectivity index (χ3v) is 1.74. The lowest BCUT2D eigenvalue weighted by atomic mass is 10.2. The van der Waals surface area contributed by atoms with Crippen LogP contribution < -0.4 is 5.32 Å². The molecule has 1 rings (SSSR count). The number of para-hydroxylation sites is 1. The first-order valence-corrected chi connectivity index (χ1v) is 4.58. The van der Waals surface area contributed by atoms with Crippen molar-refractivity contribution in [3.63, 3.8) is 0 Å². The van der Waals surface area contributed by atoms with Crippen LogP contribution in [0.2, 0.25) is 0 Å². The number of carbonyl (C=O) groups is 1. The topological polar surface area (TPSA) is 62.1 Å². The second-order valence-corrected chi connectivity index (χ2v) is 2.90. The van der Waals surface area contributed by atoms with Crippen molar-refractivity contribution in [2.75, 3.05) is 18.5 Å². The third kappa shape index (κ3) is 3.45. The van der Waals surface area contributed by atoms with Gasteiger partial charge >= 0.3 is 0 Å². The van der Waals surface area contributed by atoms with Crippen molar-refractivity contribution in [2.45, 2.75) is 0 Å². The van der Waals surface area contributed by atoms with E-state index in [4.69, 9.17) is 16.4 Å². The molecule has 0 aliphatic rings. The fraction of sp³-hybridized carbons (Fsp3) is 0.167. The van der Waals surface area contributed by atoms with Gasteiger partial charge in [-0.1, -0.05) is 18.1 Å². The number of nitrogens with zero attached hydrogens (tertiary/aromatic N) is 1. The number of benzene rings is 1. The smallest absolute Gasteiger partial charge is 0.250 e. The highest BCUT2D eigenvalue weighted by Crippen LogP contribution is 2.12. The number of rotatable bonds is 4. The molecule has 4 nitrogen and oxygen atoms in total. The zero-order valence-corrected chi connectivity index (χ0v) is 8.56. The van der Waals surface area contributed by atoms with Gasteiger partial charge in [0.1, 0.15) is 19.3 Å². The first-order chi connectivity index (χ1) is 7.77. The minimum Gasteiger partial charge on any atom is -0.359 e. The summed E-state index contributed by atoms with van der Waals surface area (Å²) in [7, 11) is 0. The zero-order valence-electron chi connectivity index (χ0n) is 8.56. The van der Waals surface area contributed by atoms with Gasteiger partial charge < -0.3 is 10.1 Å². The Bertz CT molecular complexity index is 455. The highest BCUT2D eigenvalue weighted by Gasteiger charge is 2.05. The Kier molecular flexibility index (Phi) is 4.59. The van der Waals surface area contributed by atoms with Crippen molar-refractivity contribution in [3.05, 3.63) is 29.8 Å². The standard InChI is InChI=1S/C12H10N2O2/c1-2-7-16-9-12(15)14-11-6-4-3-5-10(11)8-13/h1,3-6H,7,9H2,(H,14,15). The molecule has 0 aliphatic heterocycles. The van der Waals surface area contributed by atoms with Gasteiger partial charge in [0.15, 0.2) is 0 Å². The Balaban J connectivity index is 2.57. The maximum absolute atomic E-state index is 11.3. The minimum atomic E-state index is -0.335. The molecule has 0 saturated heterocycles. The monoisotopic (exact) mass is 214 g/mol. The van der Waals surface area contributed by atoms with E-state index in [-0.39, 0.29) is 19.1 Å². The summed E-state index contributed by atoms with van der Waals surface area (Å²) in [5.74, 6) is 1.92. The van der Waals surface area contributed by atoms with E-state index in [1.807, 2.05) is 6.07 Å². The highest BCUT2D eigenvalue weighted by molar-refractivity contribution is 5.92. The Labute approximate surface area is 93.8 Å². The average molecular weight is 214 g/mol. The quantitative estimate of drug-likeness (QED) is 0.604. The van der Waals surface area contributed by atoms with Crippen LogP contribution in [0.3, 0.4) is 0 Å². The molecule has 0 aromatic heterocycles. The van der Waals surface area contributed by atoms with Gasteiger partial charge in [-0.3, -0.25) is 4.79 Å². The SMILES string of the molecule is C#CCOCC(=O)Nc1ccccc1C#N. The molecule has 16 heavy (non-hydrogen) atoms. The molecule has 0 saturated carbocycles. The molecule has 1 aromatic carbocycles. The molecule has 80 valence electrons. The number of nitriles is 1. The number of ether oxygens (including phenoxy) is 1. The van der Waals surface area contributed by atoms with E-state index in [0.29, 0.717) is 11.3 Å². The normalized spacial score (nSPS) is 8.88. The Morgan fingerprint density at radius 3 is 2.94 bits per heavy atom. The molecule has 0 bridgehead atoms. The molecule has 0 radical (unpaired) electrons. The van der Waals surface area contributed by atoms with Crippen LogP contribution in [0.1, 0.15) is 5.56 Å². The van der Waals surface area contributed by atoms with E-state index in [1.165, 1.54) is 0 Å². The maximum atomic E-state index is 11.3. The second-order valence-electron chi connectivity index (χ2n) is 2.90. The zero-order chi connectivity index (χ0) is 11.8. The molecule has 1 aromatic rings. The van der Waals surface area contributed by atoms with E-state index < -0.39 is 0 Å². The molecule has 0 heterocycles. The van der Waals surface area contributed by atoms with Gasteiger partial charge in [0.25, 0.3) is 0 Å². The first-order valence-electron chi connectivity index (χ1n) is 4.58. The Morgan fingerprint density at radius 1 is 1.50 bits per heavy atom. The summed E-state index contributed by atoms with van der Waals surface area (Å²) in [5, 5.41) is 11.4. The lowest BCUT2D eigenvalue weighted by Gasteiger charge is -2.05. The van der Waals surface area contributed by atoms with Crippen LogP contribution in [-0.4, -0.2) is 19.1 Å². The molecule has 1 N–H and O–H groups in total. The third-order valence-electron chi connectivity index (χ3n) is 1.74. The molecule has 0 fully saturated rings. The van der Waals surface area contributed by atoms with Crippen LogP contribution in [0.4, 0.5) is 5.69 Å². The van der Waals surface area contributed by atoms with Gasteiger partial charge in [-0.2, -0.15) is 5.26 Å². The number of amides is 1. The summed E-state index contributed by atoms with van der Waals surface area (Å²) in [4.78, 5) is 11.3. The van der Waals surface area contributed by atoms with Gasteiger partial charge in [-0.25, -0.2) is 0 Å². The molecule has 4 heteroatoms. The molecule has 0 aliphatic carbocycles. The minimum absolute atomic E-state index is 0.0906. The summed E-state index contributed by atoms with van der Waals surface area (Å²) >= 11 is 0. The van der Waals surface area contributed by atoms with E-state index in [1.54, 1.807) is 24.3 Å². The van der Waals surface area contributed by atoms with Crippen molar-refractivity contribution in [1.29, 1.82) is 5.26 Å². The van der Waals surface area contributed by atoms with Crippen LogP contribution in [0.25, 0.3) is 0 Å². The van der Waals surface area contributed by atoms with Crippen molar-refractivity contribution in [2.24, 2.45) is 0 Å². The number of terminal acetylenes is 1. The maximum Gasteiger partial charge on any atom is 0.250 e. The molecule has 1 amide bonds. The Hall–Kier alpha value is -2.30. The fourth-order valence-electron chi connectivity index (χ4n) is 1.08. The van der Waals surface area contributed by atoms with Crippen LogP contribution >= 0.6 is 0 Å². The van der Waals surface area contributed by atoms with Crippen LogP contribution in [-0.2, 0) is 9.53 Å². The van der Waals surface area contributed by atoms with E-state index in [0.717, 1.165) is 0 Å². The first kappa shape index (κ1) is 11.8. The summed E-state index contributed by atoms with van der Waals surface area (Å²) < 4.78 is 4.86. The van der Waals surface area contributed by atoms with Crippen molar-refractivity contribution in [3.8, 4) is 18.4 Å². The van der Waals surface area contributed by atoms with Crippen LogP contribution in [0.15, 0.2) is 24.3 Å². The van der Waals surface area contributed by atoms with Crippen LogP contribution in [0.5, 0.6) is 0 Å². The average Bonchev–Trinajstić information content (AvgIpc) is 2.30. The summed E-state index contributed by atoms with van der Waals surface area (Å²) in [5.41, 5.74) is 0.882. The predicted octanol–water partition coefficient (Wildman–Crippen LogP) is 1.15. The summed E-state index contributed by atoms with van der Waals surface area (Å²) in [6, 6.07) is 8.71. The van der Waals surface area contributed by atoms with Gasteiger partial charge in [-0.05, 0) is 12.1 Å². The number of hydrogen-bond donors (Lipinski definition) is 1. The number of anilines is 1. The number of nitrogens with one attached hydrogen (secondary N) is 1. The van der Waals surface area contributed by atoms with Gasteiger partial charge in [0.2, 0.25) is 5.91 Å². The van der Waals surface area contributed by atoms with Crippen molar-refractivity contribution in [1.82, 2.24) is 0 Å². The molecular formula is C12H10N2O2. The number of carbonyl (C=O) groups excluding carboxylic acids is 1. The largest absolute Gasteiger partial charge is 0.359 e.